The molecule has 0 unspecified atom stereocenters. The third-order valence-electron chi connectivity index (χ3n) is 3.22. The zero-order chi connectivity index (χ0) is 11.9. The van der Waals surface area contributed by atoms with E-state index >= 15 is 0 Å². The highest BCUT2D eigenvalue weighted by molar-refractivity contribution is 5.27. The van der Waals surface area contributed by atoms with Gasteiger partial charge in [0.05, 0.1) is 13.7 Å². The van der Waals surface area contributed by atoms with Crippen molar-refractivity contribution in [3.05, 3.63) is 29.8 Å². The summed E-state index contributed by atoms with van der Waals surface area (Å²) in [5.74, 6) is 1.62. The fourth-order valence-corrected chi connectivity index (χ4v) is 2.15. The Bertz CT molecular complexity index is 335. The molecule has 3 nitrogen and oxygen atoms in total. The first-order chi connectivity index (χ1) is 8.38. The number of benzene rings is 1. The first kappa shape index (κ1) is 12.4. The molecule has 1 aliphatic heterocycles. The standard InChI is InChI=1S/C14H21NO2/c1-16-14-4-2-3-13(9-14)11-17-10-12-5-7-15-8-6-12/h2-4,9,12,15H,5-8,10-11H2,1H3. The lowest BCUT2D eigenvalue weighted by Crippen LogP contribution is -2.29. The third-order valence-corrected chi connectivity index (χ3v) is 3.22. The molecule has 0 bridgehead atoms. The smallest absolute Gasteiger partial charge is 0.119 e. The van der Waals surface area contributed by atoms with Crippen molar-refractivity contribution in [1.29, 1.82) is 0 Å². The summed E-state index contributed by atoms with van der Waals surface area (Å²) in [6, 6.07) is 8.06. The van der Waals surface area contributed by atoms with Gasteiger partial charge in [-0.15, -0.1) is 0 Å². The molecule has 17 heavy (non-hydrogen) atoms. The number of methoxy groups -OCH3 is 1. The van der Waals surface area contributed by atoms with Crippen molar-refractivity contribution in [2.75, 3.05) is 26.8 Å². The summed E-state index contributed by atoms with van der Waals surface area (Å²) in [5, 5.41) is 3.37. The van der Waals surface area contributed by atoms with Crippen molar-refractivity contribution in [1.82, 2.24) is 5.32 Å². The predicted molar refractivity (Wildman–Crippen MR) is 68.2 cm³/mol. The van der Waals surface area contributed by atoms with Crippen LogP contribution in [0.3, 0.4) is 0 Å². The maximum absolute atomic E-state index is 5.78. The Balaban J connectivity index is 1.73. The van der Waals surface area contributed by atoms with Gasteiger partial charge in [0.1, 0.15) is 5.75 Å². The van der Waals surface area contributed by atoms with Crippen LogP contribution in [0.15, 0.2) is 24.3 Å². The minimum Gasteiger partial charge on any atom is -0.497 e. The van der Waals surface area contributed by atoms with Gasteiger partial charge in [-0.1, -0.05) is 12.1 Å². The highest BCUT2D eigenvalue weighted by Gasteiger charge is 2.12. The number of ether oxygens (including phenoxy) is 2. The molecule has 1 heterocycles. The summed E-state index contributed by atoms with van der Waals surface area (Å²) in [6.45, 7) is 3.82. The monoisotopic (exact) mass is 235 g/mol. The highest BCUT2D eigenvalue weighted by Crippen LogP contribution is 2.15. The van der Waals surface area contributed by atoms with E-state index in [1.54, 1.807) is 7.11 Å². The Morgan fingerprint density at radius 1 is 1.29 bits per heavy atom. The molecule has 0 spiro atoms. The summed E-state index contributed by atoms with van der Waals surface area (Å²) in [4.78, 5) is 0. The lowest BCUT2D eigenvalue weighted by atomic mass is 9.99. The van der Waals surface area contributed by atoms with Gasteiger partial charge in [-0.2, -0.15) is 0 Å². The van der Waals surface area contributed by atoms with Crippen LogP contribution in [-0.4, -0.2) is 26.8 Å². The first-order valence-corrected chi connectivity index (χ1v) is 6.30. The van der Waals surface area contributed by atoms with Crippen LogP contribution in [0.25, 0.3) is 0 Å². The van der Waals surface area contributed by atoms with E-state index in [0.717, 1.165) is 31.4 Å². The second kappa shape index (κ2) is 6.62. The lowest BCUT2D eigenvalue weighted by Gasteiger charge is -2.22. The maximum Gasteiger partial charge on any atom is 0.119 e. The molecule has 0 atom stereocenters. The highest BCUT2D eigenvalue weighted by atomic mass is 16.5. The van der Waals surface area contributed by atoms with Crippen molar-refractivity contribution in [2.45, 2.75) is 19.4 Å². The zero-order valence-electron chi connectivity index (χ0n) is 10.4. The largest absolute Gasteiger partial charge is 0.497 e. The van der Waals surface area contributed by atoms with E-state index in [1.165, 1.54) is 18.4 Å². The minimum absolute atomic E-state index is 0.682. The number of piperidine rings is 1. The predicted octanol–water partition coefficient (Wildman–Crippen LogP) is 2.21. The van der Waals surface area contributed by atoms with Gasteiger partial charge in [-0.25, -0.2) is 0 Å². The van der Waals surface area contributed by atoms with Crippen LogP contribution in [0.5, 0.6) is 5.75 Å². The van der Waals surface area contributed by atoms with E-state index in [-0.39, 0.29) is 0 Å². The van der Waals surface area contributed by atoms with Gasteiger partial charge in [0, 0.05) is 6.61 Å². The Hall–Kier alpha value is -1.06. The Labute approximate surface area is 103 Å². The van der Waals surface area contributed by atoms with Crippen molar-refractivity contribution < 1.29 is 9.47 Å². The Morgan fingerprint density at radius 2 is 2.12 bits per heavy atom. The third kappa shape index (κ3) is 4.02. The lowest BCUT2D eigenvalue weighted by molar-refractivity contribution is 0.0762. The number of nitrogens with one attached hydrogen (secondary N) is 1. The van der Waals surface area contributed by atoms with Gasteiger partial charge < -0.3 is 14.8 Å². The molecule has 1 fully saturated rings. The molecule has 0 saturated carbocycles. The molecule has 94 valence electrons. The number of rotatable bonds is 5. The van der Waals surface area contributed by atoms with Gasteiger partial charge in [-0.05, 0) is 49.5 Å². The molecule has 1 aromatic rings. The van der Waals surface area contributed by atoms with Gasteiger partial charge in [-0.3, -0.25) is 0 Å². The molecule has 1 aromatic carbocycles. The van der Waals surface area contributed by atoms with Gasteiger partial charge >= 0.3 is 0 Å². The zero-order valence-corrected chi connectivity index (χ0v) is 10.4. The molecular weight excluding hydrogens is 214 g/mol. The molecule has 2 rings (SSSR count). The molecule has 1 saturated heterocycles. The molecule has 3 heteroatoms. The molecular formula is C14H21NO2. The van der Waals surface area contributed by atoms with Crippen LogP contribution < -0.4 is 10.1 Å². The Morgan fingerprint density at radius 3 is 2.88 bits per heavy atom. The summed E-state index contributed by atoms with van der Waals surface area (Å²) >= 11 is 0. The van der Waals surface area contributed by atoms with Crippen molar-refractivity contribution in [3.63, 3.8) is 0 Å². The van der Waals surface area contributed by atoms with Crippen LogP contribution in [0.4, 0.5) is 0 Å². The normalized spacial score (nSPS) is 17.0. The van der Waals surface area contributed by atoms with Crippen LogP contribution in [-0.2, 0) is 11.3 Å². The fraction of sp³-hybridized carbons (Fsp3) is 0.571. The second-order valence-corrected chi connectivity index (χ2v) is 4.56. The average Bonchev–Trinajstić information content (AvgIpc) is 2.40. The molecule has 1 N–H and O–H groups in total. The van der Waals surface area contributed by atoms with E-state index in [2.05, 4.69) is 11.4 Å². The van der Waals surface area contributed by atoms with Crippen molar-refractivity contribution in [3.8, 4) is 5.75 Å². The number of hydrogen-bond donors (Lipinski definition) is 1. The van der Waals surface area contributed by atoms with Crippen LogP contribution in [0.1, 0.15) is 18.4 Å². The molecule has 0 radical (unpaired) electrons. The molecule has 0 aromatic heterocycles. The first-order valence-electron chi connectivity index (χ1n) is 6.30. The Kier molecular flexibility index (Phi) is 4.83. The van der Waals surface area contributed by atoms with E-state index in [1.807, 2.05) is 18.2 Å². The van der Waals surface area contributed by atoms with Gasteiger partial charge in [0.25, 0.3) is 0 Å². The van der Waals surface area contributed by atoms with Gasteiger partial charge in [0.2, 0.25) is 0 Å². The molecule has 0 amide bonds. The van der Waals surface area contributed by atoms with Crippen molar-refractivity contribution in [2.24, 2.45) is 5.92 Å². The summed E-state index contributed by atoms with van der Waals surface area (Å²) in [6.07, 6.45) is 2.47. The van der Waals surface area contributed by atoms with E-state index in [4.69, 9.17) is 9.47 Å². The molecule has 0 aliphatic carbocycles. The van der Waals surface area contributed by atoms with Crippen molar-refractivity contribution >= 4 is 0 Å². The summed E-state index contributed by atoms with van der Waals surface area (Å²) in [5.41, 5.74) is 1.18. The summed E-state index contributed by atoms with van der Waals surface area (Å²) < 4.78 is 11.0. The quantitative estimate of drug-likeness (QED) is 0.848. The summed E-state index contributed by atoms with van der Waals surface area (Å²) in [7, 11) is 1.69. The SMILES string of the molecule is COc1cccc(COCC2CCNCC2)c1. The van der Waals surface area contributed by atoms with Crippen LogP contribution >= 0.6 is 0 Å². The minimum atomic E-state index is 0.682. The average molecular weight is 235 g/mol. The fourth-order valence-electron chi connectivity index (χ4n) is 2.15. The van der Waals surface area contributed by atoms with Crippen LogP contribution in [0.2, 0.25) is 0 Å². The van der Waals surface area contributed by atoms with E-state index in [9.17, 15) is 0 Å². The number of hydrogen-bond acceptors (Lipinski definition) is 3. The van der Waals surface area contributed by atoms with E-state index in [0.29, 0.717) is 6.61 Å². The topological polar surface area (TPSA) is 30.5 Å². The molecule has 1 aliphatic rings. The second-order valence-electron chi connectivity index (χ2n) is 4.56. The van der Waals surface area contributed by atoms with Gasteiger partial charge in [0.15, 0.2) is 0 Å². The maximum atomic E-state index is 5.78. The van der Waals surface area contributed by atoms with E-state index < -0.39 is 0 Å². The van der Waals surface area contributed by atoms with Crippen LogP contribution in [0, 0.1) is 5.92 Å².